The molecule has 2 aromatic carbocycles. The lowest BCUT2D eigenvalue weighted by Gasteiger charge is -2.40. The van der Waals surface area contributed by atoms with Crippen molar-refractivity contribution in [3.05, 3.63) is 78.6 Å². The van der Waals surface area contributed by atoms with Gasteiger partial charge in [0.25, 0.3) is 5.91 Å². The standard InChI is InChI=1S/C25H22N6O2/c1-17-16-29(13-14-30(17)24(32)18-8-3-2-4-9-18)25-26-20-11-6-5-10-19(20)22-27-28-23(31(22)25)21-12-7-15-33-21/h2-12,15,17H,13-14,16H2,1H3. The highest BCUT2D eigenvalue weighted by Gasteiger charge is 2.31. The first-order valence-corrected chi connectivity index (χ1v) is 11.0. The number of rotatable bonds is 3. The summed E-state index contributed by atoms with van der Waals surface area (Å²) in [5, 5.41) is 9.84. The molecule has 1 aliphatic heterocycles. The number of benzene rings is 2. The van der Waals surface area contributed by atoms with Gasteiger partial charge in [-0.05, 0) is 43.3 Å². The Balaban J connectivity index is 1.41. The molecule has 1 aliphatic rings. The Bertz CT molecular complexity index is 1440. The quantitative estimate of drug-likeness (QED) is 0.425. The van der Waals surface area contributed by atoms with Crippen molar-refractivity contribution in [2.24, 2.45) is 0 Å². The Morgan fingerprint density at radius 3 is 2.58 bits per heavy atom. The van der Waals surface area contributed by atoms with Crippen molar-refractivity contribution in [3.8, 4) is 11.6 Å². The van der Waals surface area contributed by atoms with Gasteiger partial charge in [0.2, 0.25) is 11.8 Å². The predicted molar refractivity (Wildman–Crippen MR) is 125 cm³/mol. The van der Waals surface area contributed by atoms with Gasteiger partial charge in [-0.1, -0.05) is 30.3 Å². The number of anilines is 1. The third-order valence-corrected chi connectivity index (χ3v) is 6.16. The molecule has 0 spiro atoms. The van der Waals surface area contributed by atoms with Gasteiger partial charge < -0.3 is 14.2 Å². The Morgan fingerprint density at radius 1 is 0.970 bits per heavy atom. The summed E-state index contributed by atoms with van der Waals surface area (Å²) in [4.78, 5) is 22.2. The fourth-order valence-corrected chi connectivity index (χ4v) is 4.53. The molecule has 8 nitrogen and oxygen atoms in total. The van der Waals surface area contributed by atoms with Gasteiger partial charge in [0, 0.05) is 36.6 Å². The van der Waals surface area contributed by atoms with Gasteiger partial charge in [0.05, 0.1) is 11.8 Å². The number of furan rings is 1. The number of aromatic nitrogens is 4. The van der Waals surface area contributed by atoms with Gasteiger partial charge in [-0.15, -0.1) is 10.2 Å². The summed E-state index contributed by atoms with van der Waals surface area (Å²) >= 11 is 0. The number of hydrogen-bond donors (Lipinski definition) is 0. The van der Waals surface area contributed by atoms with Crippen molar-refractivity contribution in [1.82, 2.24) is 24.5 Å². The lowest BCUT2D eigenvalue weighted by molar-refractivity contribution is 0.0673. The molecule has 164 valence electrons. The Morgan fingerprint density at radius 2 is 1.79 bits per heavy atom. The van der Waals surface area contributed by atoms with Crippen LogP contribution >= 0.6 is 0 Å². The van der Waals surface area contributed by atoms with Crippen molar-refractivity contribution in [3.63, 3.8) is 0 Å². The molecule has 1 amide bonds. The highest BCUT2D eigenvalue weighted by atomic mass is 16.3. The van der Waals surface area contributed by atoms with Gasteiger partial charge in [0.1, 0.15) is 0 Å². The molecule has 1 atom stereocenters. The van der Waals surface area contributed by atoms with Crippen LogP contribution in [0.25, 0.3) is 28.1 Å². The predicted octanol–water partition coefficient (Wildman–Crippen LogP) is 3.89. The Hall–Kier alpha value is -4.20. The van der Waals surface area contributed by atoms with Crippen LogP contribution in [-0.2, 0) is 0 Å². The third kappa shape index (κ3) is 3.22. The van der Waals surface area contributed by atoms with Crippen LogP contribution in [0.1, 0.15) is 17.3 Å². The summed E-state index contributed by atoms with van der Waals surface area (Å²) in [7, 11) is 0. The average molecular weight is 438 g/mol. The smallest absolute Gasteiger partial charge is 0.254 e. The topological polar surface area (TPSA) is 79.8 Å². The van der Waals surface area contributed by atoms with E-state index in [-0.39, 0.29) is 11.9 Å². The SMILES string of the molecule is CC1CN(c2nc3ccccc3c3nnc(-c4ccco4)n23)CCN1C(=O)c1ccccc1. The molecule has 0 saturated carbocycles. The molecule has 6 rings (SSSR count). The normalized spacial score (nSPS) is 16.6. The summed E-state index contributed by atoms with van der Waals surface area (Å²) in [5.41, 5.74) is 2.30. The third-order valence-electron chi connectivity index (χ3n) is 6.16. The zero-order valence-corrected chi connectivity index (χ0v) is 18.1. The molecular formula is C25H22N6O2. The molecule has 0 aliphatic carbocycles. The molecule has 1 saturated heterocycles. The second-order valence-electron chi connectivity index (χ2n) is 8.25. The van der Waals surface area contributed by atoms with Crippen molar-refractivity contribution < 1.29 is 9.21 Å². The maximum absolute atomic E-state index is 13.1. The fourth-order valence-electron chi connectivity index (χ4n) is 4.53. The number of carbonyl (C=O) groups excluding carboxylic acids is 1. The van der Waals surface area contributed by atoms with E-state index in [0.717, 1.165) is 22.5 Å². The van der Waals surface area contributed by atoms with Gasteiger partial charge >= 0.3 is 0 Å². The van der Waals surface area contributed by atoms with Crippen molar-refractivity contribution in [2.75, 3.05) is 24.5 Å². The maximum Gasteiger partial charge on any atom is 0.254 e. The molecule has 8 heteroatoms. The summed E-state index contributed by atoms with van der Waals surface area (Å²) < 4.78 is 7.60. The highest BCUT2D eigenvalue weighted by molar-refractivity contribution is 5.95. The van der Waals surface area contributed by atoms with E-state index >= 15 is 0 Å². The van der Waals surface area contributed by atoms with Crippen LogP contribution in [0.2, 0.25) is 0 Å². The Labute approximate surface area is 190 Å². The molecule has 0 N–H and O–H groups in total. The van der Waals surface area contributed by atoms with Crippen molar-refractivity contribution in [2.45, 2.75) is 13.0 Å². The van der Waals surface area contributed by atoms with Gasteiger partial charge in [0.15, 0.2) is 11.4 Å². The number of carbonyl (C=O) groups is 1. The van der Waals surface area contributed by atoms with E-state index in [9.17, 15) is 4.79 Å². The molecule has 0 radical (unpaired) electrons. The van der Waals surface area contributed by atoms with Crippen molar-refractivity contribution >= 4 is 28.4 Å². The molecular weight excluding hydrogens is 416 g/mol. The van der Waals surface area contributed by atoms with Gasteiger partial charge in [-0.3, -0.25) is 4.79 Å². The second-order valence-corrected chi connectivity index (χ2v) is 8.25. The van der Waals surface area contributed by atoms with Gasteiger partial charge in [-0.25, -0.2) is 9.38 Å². The molecule has 1 fully saturated rings. The van der Waals surface area contributed by atoms with Crippen LogP contribution in [0, 0.1) is 0 Å². The minimum Gasteiger partial charge on any atom is -0.461 e. The first-order chi connectivity index (χ1) is 16.2. The minimum absolute atomic E-state index is 0.0123. The first-order valence-electron chi connectivity index (χ1n) is 11.0. The zero-order valence-electron chi connectivity index (χ0n) is 18.1. The van der Waals surface area contributed by atoms with Crippen LogP contribution in [0.4, 0.5) is 5.95 Å². The number of hydrogen-bond acceptors (Lipinski definition) is 6. The number of nitrogens with zero attached hydrogens (tertiary/aromatic N) is 6. The van der Waals surface area contributed by atoms with Crippen LogP contribution in [0.3, 0.4) is 0 Å². The molecule has 33 heavy (non-hydrogen) atoms. The van der Waals surface area contributed by atoms with Crippen LogP contribution < -0.4 is 4.90 Å². The van der Waals surface area contributed by atoms with Crippen LogP contribution in [0.5, 0.6) is 0 Å². The van der Waals surface area contributed by atoms with Crippen molar-refractivity contribution in [1.29, 1.82) is 0 Å². The van der Waals surface area contributed by atoms with E-state index < -0.39 is 0 Å². The van der Waals surface area contributed by atoms with Crippen LogP contribution in [-0.4, -0.2) is 56.1 Å². The van der Waals surface area contributed by atoms with E-state index in [1.807, 2.05) is 76.0 Å². The van der Waals surface area contributed by atoms with Gasteiger partial charge in [-0.2, -0.15) is 0 Å². The lowest BCUT2D eigenvalue weighted by Crippen LogP contribution is -2.54. The number of piperazine rings is 1. The Kier molecular flexibility index (Phi) is 4.57. The molecule has 3 aromatic heterocycles. The molecule has 4 heterocycles. The average Bonchev–Trinajstić information content (AvgIpc) is 3.54. The van der Waals surface area contributed by atoms with E-state index in [4.69, 9.17) is 9.40 Å². The number of para-hydroxylation sites is 1. The second kappa shape index (κ2) is 7.74. The summed E-state index contributed by atoms with van der Waals surface area (Å²) in [6.45, 7) is 3.97. The molecule has 0 bridgehead atoms. The summed E-state index contributed by atoms with van der Waals surface area (Å²) in [6, 6.07) is 21.1. The maximum atomic E-state index is 13.1. The fraction of sp³-hybridized carbons (Fsp3) is 0.200. The lowest BCUT2D eigenvalue weighted by atomic mass is 10.1. The van der Waals surface area contributed by atoms with E-state index in [1.54, 1.807) is 6.26 Å². The van der Waals surface area contributed by atoms with E-state index in [1.165, 1.54) is 0 Å². The van der Waals surface area contributed by atoms with E-state index in [0.29, 0.717) is 36.8 Å². The summed E-state index contributed by atoms with van der Waals surface area (Å²) in [5.74, 6) is 2.05. The van der Waals surface area contributed by atoms with E-state index in [2.05, 4.69) is 22.0 Å². The first kappa shape index (κ1) is 19.5. The van der Waals surface area contributed by atoms with Crippen LogP contribution in [0.15, 0.2) is 77.4 Å². The number of fused-ring (bicyclic) bond motifs is 3. The highest BCUT2D eigenvalue weighted by Crippen LogP contribution is 2.29. The summed E-state index contributed by atoms with van der Waals surface area (Å²) in [6.07, 6.45) is 1.63. The molecule has 1 unspecified atom stereocenters. The monoisotopic (exact) mass is 438 g/mol. The minimum atomic E-state index is 0.0123. The molecule has 5 aromatic rings. The largest absolute Gasteiger partial charge is 0.461 e. The zero-order chi connectivity index (χ0) is 22.4. The number of amides is 1.